The molecule has 3 nitrogen and oxygen atoms in total. The number of amides is 1. The molecule has 1 aromatic heterocycles. The van der Waals surface area contributed by atoms with E-state index in [9.17, 15) is 4.79 Å². The van der Waals surface area contributed by atoms with Gasteiger partial charge in [-0.3, -0.25) is 4.79 Å². The lowest BCUT2D eigenvalue weighted by Gasteiger charge is -2.02. The molecular weight excluding hydrogens is 262 g/mol. The van der Waals surface area contributed by atoms with Crippen LogP contribution in [0, 0.1) is 0 Å². The minimum atomic E-state index is -0.0841. The van der Waals surface area contributed by atoms with Crippen LogP contribution in [0.25, 0.3) is 11.6 Å². The zero-order chi connectivity index (χ0) is 13.2. The first kappa shape index (κ1) is 12.1. The molecule has 1 aromatic carbocycles. The molecule has 0 radical (unpaired) electrons. The number of hydrogen-bond acceptors (Lipinski definition) is 2. The molecule has 0 saturated heterocycles. The molecule has 1 N–H and O–H groups in total. The third-order valence-corrected chi connectivity index (χ3v) is 3.29. The van der Waals surface area contributed by atoms with E-state index in [2.05, 4.69) is 5.32 Å². The topological polar surface area (TPSA) is 42.2 Å². The van der Waals surface area contributed by atoms with Gasteiger partial charge in [-0.25, -0.2) is 0 Å². The lowest BCUT2D eigenvalue weighted by molar-refractivity contribution is -0.110. The van der Waals surface area contributed by atoms with Crippen LogP contribution in [0.5, 0.6) is 0 Å². The van der Waals surface area contributed by atoms with E-state index in [1.54, 1.807) is 12.5 Å². The van der Waals surface area contributed by atoms with E-state index >= 15 is 0 Å². The fourth-order valence-corrected chi connectivity index (χ4v) is 2.39. The molecule has 96 valence electrons. The maximum atomic E-state index is 12.0. The van der Waals surface area contributed by atoms with Gasteiger partial charge in [-0.05, 0) is 36.3 Å². The molecule has 1 aliphatic rings. The van der Waals surface area contributed by atoms with Gasteiger partial charge in [0.15, 0.2) is 0 Å². The van der Waals surface area contributed by atoms with Crippen LogP contribution in [0.3, 0.4) is 0 Å². The molecule has 0 saturated carbocycles. The van der Waals surface area contributed by atoms with Crippen LogP contribution in [-0.2, 0) is 11.2 Å². The van der Waals surface area contributed by atoms with Crippen molar-refractivity contribution in [2.75, 3.05) is 11.2 Å². The molecule has 2 heterocycles. The number of fused-ring (bicyclic) bond motifs is 1. The van der Waals surface area contributed by atoms with Gasteiger partial charge in [0.25, 0.3) is 5.91 Å². The van der Waals surface area contributed by atoms with Crippen molar-refractivity contribution in [2.45, 2.75) is 6.42 Å². The molecule has 19 heavy (non-hydrogen) atoms. The minimum Gasteiger partial charge on any atom is -0.472 e. The highest BCUT2D eigenvalue weighted by Gasteiger charge is 2.24. The maximum Gasteiger partial charge on any atom is 0.256 e. The van der Waals surface area contributed by atoms with Crippen LogP contribution in [0.1, 0.15) is 16.7 Å². The standard InChI is InChI=1S/C15H12ClNO2/c16-5-3-10-1-2-14-12(7-10)13(15(18)17-14)8-11-4-6-19-9-11/h1-2,4,6-9H,3,5H2,(H,17,18). The Hall–Kier alpha value is -2.00. The van der Waals surface area contributed by atoms with E-state index in [1.807, 2.05) is 30.3 Å². The summed E-state index contributed by atoms with van der Waals surface area (Å²) in [6.45, 7) is 0. The molecule has 0 fully saturated rings. The number of furan rings is 1. The second-order valence-electron chi connectivity index (χ2n) is 4.39. The van der Waals surface area contributed by atoms with Crippen LogP contribution >= 0.6 is 11.6 Å². The molecule has 0 spiro atoms. The molecule has 1 aliphatic heterocycles. The first-order valence-corrected chi connectivity index (χ1v) is 6.56. The Kier molecular flexibility index (Phi) is 3.13. The number of alkyl halides is 1. The predicted octanol–water partition coefficient (Wildman–Crippen LogP) is 3.55. The lowest BCUT2D eigenvalue weighted by Crippen LogP contribution is -2.03. The highest BCUT2D eigenvalue weighted by molar-refractivity contribution is 6.34. The van der Waals surface area contributed by atoms with Crippen molar-refractivity contribution in [3.63, 3.8) is 0 Å². The summed E-state index contributed by atoms with van der Waals surface area (Å²) >= 11 is 5.76. The quantitative estimate of drug-likeness (QED) is 0.686. The van der Waals surface area contributed by atoms with E-state index in [-0.39, 0.29) is 5.91 Å². The largest absolute Gasteiger partial charge is 0.472 e. The van der Waals surface area contributed by atoms with Crippen molar-refractivity contribution in [2.24, 2.45) is 0 Å². The van der Waals surface area contributed by atoms with Crippen LogP contribution in [0.2, 0.25) is 0 Å². The van der Waals surface area contributed by atoms with E-state index in [1.165, 1.54) is 0 Å². The van der Waals surface area contributed by atoms with Crippen molar-refractivity contribution in [3.8, 4) is 0 Å². The molecule has 1 amide bonds. The summed E-state index contributed by atoms with van der Waals surface area (Å²) in [6, 6.07) is 7.75. The Balaban J connectivity index is 2.05. The van der Waals surface area contributed by atoms with Crippen LogP contribution in [-0.4, -0.2) is 11.8 Å². The highest BCUT2D eigenvalue weighted by atomic mass is 35.5. The number of nitrogens with one attached hydrogen (secondary N) is 1. The summed E-state index contributed by atoms with van der Waals surface area (Å²) in [4.78, 5) is 12.0. The van der Waals surface area contributed by atoms with Gasteiger partial charge in [-0.1, -0.05) is 6.07 Å². The number of hydrogen-bond donors (Lipinski definition) is 1. The summed E-state index contributed by atoms with van der Waals surface area (Å²) in [5.41, 5.74) is 4.43. The number of rotatable bonds is 3. The van der Waals surface area contributed by atoms with Crippen LogP contribution in [0.15, 0.2) is 41.2 Å². The molecule has 0 bridgehead atoms. The normalized spacial score (nSPS) is 15.6. The number of aryl methyl sites for hydroxylation is 1. The number of carbonyl (C=O) groups is 1. The van der Waals surface area contributed by atoms with Crippen molar-refractivity contribution in [1.82, 2.24) is 0 Å². The van der Waals surface area contributed by atoms with Gasteiger partial charge >= 0.3 is 0 Å². The zero-order valence-corrected chi connectivity index (χ0v) is 10.9. The highest BCUT2D eigenvalue weighted by Crippen LogP contribution is 2.34. The van der Waals surface area contributed by atoms with Gasteiger partial charge in [0.05, 0.1) is 12.5 Å². The summed E-state index contributed by atoms with van der Waals surface area (Å²) < 4.78 is 5.02. The third kappa shape index (κ3) is 2.29. The van der Waals surface area contributed by atoms with E-state index in [0.717, 1.165) is 28.8 Å². The molecule has 0 aliphatic carbocycles. The second kappa shape index (κ2) is 4.94. The number of carbonyl (C=O) groups excluding carboxylic acids is 1. The molecule has 4 heteroatoms. The third-order valence-electron chi connectivity index (χ3n) is 3.10. The van der Waals surface area contributed by atoms with Crippen molar-refractivity contribution < 1.29 is 9.21 Å². The Morgan fingerprint density at radius 2 is 2.21 bits per heavy atom. The Labute approximate surface area is 115 Å². The first-order valence-electron chi connectivity index (χ1n) is 6.02. The van der Waals surface area contributed by atoms with Crippen molar-refractivity contribution >= 4 is 34.8 Å². The van der Waals surface area contributed by atoms with Crippen molar-refractivity contribution in [3.05, 3.63) is 53.5 Å². The van der Waals surface area contributed by atoms with Gasteiger partial charge in [0, 0.05) is 28.3 Å². The SMILES string of the molecule is O=C1Nc2ccc(CCCl)cc2C1=Cc1ccoc1. The van der Waals surface area contributed by atoms with Gasteiger partial charge in [0.1, 0.15) is 0 Å². The smallest absolute Gasteiger partial charge is 0.256 e. The summed E-state index contributed by atoms with van der Waals surface area (Å²) in [5.74, 6) is 0.486. The van der Waals surface area contributed by atoms with Crippen LogP contribution in [0.4, 0.5) is 5.69 Å². The lowest BCUT2D eigenvalue weighted by atomic mass is 10.0. The Morgan fingerprint density at radius 1 is 1.32 bits per heavy atom. The minimum absolute atomic E-state index is 0.0841. The van der Waals surface area contributed by atoms with Crippen LogP contribution < -0.4 is 5.32 Å². The maximum absolute atomic E-state index is 12.0. The monoisotopic (exact) mass is 273 g/mol. The second-order valence-corrected chi connectivity index (χ2v) is 4.77. The first-order chi connectivity index (χ1) is 9.28. The fourth-order valence-electron chi connectivity index (χ4n) is 2.17. The zero-order valence-electron chi connectivity index (χ0n) is 10.2. The van der Waals surface area contributed by atoms with Gasteiger partial charge in [-0.2, -0.15) is 0 Å². The molecular formula is C15H12ClNO2. The van der Waals surface area contributed by atoms with E-state index in [0.29, 0.717) is 11.5 Å². The average Bonchev–Trinajstić information content (AvgIpc) is 3.00. The molecule has 0 unspecified atom stereocenters. The van der Waals surface area contributed by atoms with Gasteiger partial charge in [0.2, 0.25) is 0 Å². The predicted molar refractivity (Wildman–Crippen MR) is 76.1 cm³/mol. The molecule has 3 rings (SSSR count). The van der Waals surface area contributed by atoms with E-state index in [4.69, 9.17) is 16.0 Å². The Morgan fingerprint density at radius 3 is 2.95 bits per heavy atom. The average molecular weight is 274 g/mol. The summed E-state index contributed by atoms with van der Waals surface area (Å²) in [7, 11) is 0. The molecule has 0 atom stereocenters. The van der Waals surface area contributed by atoms with Gasteiger partial charge < -0.3 is 9.73 Å². The number of halogens is 1. The fraction of sp³-hybridized carbons (Fsp3) is 0.133. The summed E-state index contributed by atoms with van der Waals surface area (Å²) in [6.07, 6.45) is 5.82. The summed E-state index contributed by atoms with van der Waals surface area (Å²) in [5, 5.41) is 2.86. The molecule has 2 aromatic rings. The van der Waals surface area contributed by atoms with Gasteiger partial charge in [-0.15, -0.1) is 11.6 Å². The van der Waals surface area contributed by atoms with E-state index < -0.39 is 0 Å². The number of benzene rings is 1. The number of anilines is 1. The Bertz CT molecular complexity index is 644. The van der Waals surface area contributed by atoms with Crippen molar-refractivity contribution in [1.29, 1.82) is 0 Å².